The molecule has 39 heavy (non-hydrogen) atoms. The molecule has 2 amide bonds. The molecule has 2 radical (unpaired) electrons. The number of likely N-dealkylation sites (N-methyl/N-ethyl adjacent to an activating group) is 1. The van der Waals surface area contributed by atoms with Gasteiger partial charge in [-0.15, -0.1) is 0 Å². The van der Waals surface area contributed by atoms with Crippen molar-refractivity contribution in [2.75, 3.05) is 24.3 Å². The number of carbonyl (C=O) groups is 2. The maximum Gasteiger partial charge on any atom is 0.411 e. The van der Waals surface area contributed by atoms with Crippen LogP contribution in [0.1, 0.15) is 41.1 Å². The van der Waals surface area contributed by atoms with Crippen LogP contribution in [0.25, 0.3) is 10.8 Å². The smallest absolute Gasteiger partial charge is 0.411 e. The first-order valence-corrected chi connectivity index (χ1v) is 12.7. The van der Waals surface area contributed by atoms with Crippen LogP contribution in [0.3, 0.4) is 0 Å². The second-order valence-electron chi connectivity index (χ2n) is 10.0. The molecular weight excluding hydrogens is 491 g/mol. The third-order valence-corrected chi connectivity index (χ3v) is 7.13. The number of rotatable bonds is 2. The molecule has 0 saturated heterocycles. The van der Waals surface area contributed by atoms with Crippen LogP contribution in [0.2, 0.25) is 0 Å². The number of H-pyrrole nitrogens is 1. The van der Waals surface area contributed by atoms with Gasteiger partial charge >= 0.3 is 6.09 Å². The van der Waals surface area contributed by atoms with Gasteiger partial charge in [0.15, 0.2) is 0 Å². The fourth-order valence-electron chi connectivity index (χ4n) is 4.98. The fraction of sp³-hybridized carbons (Fsp3) is 0.233. The highest BCUT2D eigenvalue weighted by molar-refractivity contribution is 6.33. The van der Waals surface area contributed by atoms with Crippen LogP contribution in [0, 0.1) is 6.92 Å². The Hall–Kier alpha value is -4.53. The predicted molar refractivity (Wildman–Crippen MR) is 154 cm³/mol. The molecule has 2 atom stereocenters. The van der Waals surface area contributed by atoms with Crippen molar-refractivity contribution < 1.29 is 14.3 Å². The molecule has 0 unspecified atom stereocenters. The number of carbonyl (C=O) groups excluding carboxylic acids is 2. The zero-order valence-corrected chi connectivity index (χ0v) is 22.1. The number of benzene rings is 3. The Morgan fingerprint density at radius 2 is 1.85 bits per heavy atom. The Morgan fingerprint density at radius 1 is 1.03 bits per heavy atom. The molecular formula is C30H29BN4O4. The van der Waals surface area contributed by atoms with Gasteiger partial charge in [0.1, 0.15) is 13.9 Å². The van der Waals surface area contributed by atoms with E-state index in [4.69, 9.17) is 12.6 Å². The average Bonchev–Trinajstić information content (AvgIpc) is 2.91. The van der Waals surface area contributed by atoms with Gasteiger partial charge in [-0.3, -0.25) is 14.9 Å². The van der Waals surface area contributed by atoms with Gasteiger partial charge in [0.05, 0.1) is 6.61 Å². The van der Waals surface area contributed by atoms with Crippen molar-refractivity contribution in [2.24, 2.45) is 0 Å². The number of aromatic amines is 1. The zero-order valence-electron chi connectivity index (χ0n) is 22.1. The van der Waals surface area contributed by atoms with Gasteiger partial charge in [0.2, 0.25) is 5.91 Å². The summed E-state index contributed by atoms with van der Waals surface area (Å²) >= 11 is 0. The summed E-state index contributed by atoms with van der Waals surface area (Å²) in [5.74, 6) is -0.238. The molecule has 0 fully saturated rings. The monoisotopic (exact) mass is 520 g/mol. The molecule has 196 valence electrons. The van der Waals surface area contributed by atoms with Crippen LogP contribution >= 0.6 is 0 Å². The lowest BCUT2D eigenvalue weighted by Crippen LogP contribution is -2.36. The Kier molecular flexibility index (Phi) is 7.15. The molecule has 0 spiro atoms. The highest BCUT2D eigenvalue weighted by Gasteiger charge is 2.26. The fourth-order valence-corrected chi connectivity index (χ4v) is 4.98. The molecule has 0 aliphatic carbocycles. The Bertz CT molecular complexity index is 1630. The van der Waals surface area contributed by atoms with E-state index in [1.807, 2.05) is 50.2 Å². The Balaban J connectivity index is 1.57. The molecule has 6 rings (SSSR count). The van der Waals surface area contributed by atoms with Crippen molar-refractivity contribution in [2.45, 2.75) is 32.4 Å². The summed E-state index contributed by atoms with van der Waals surface area (Å²) < 4.78 is 5.49. The summed E-state index contributed by atoms with van der Waals surface area (Å²) in [6.07, 6.45) is 1.06. The predicted octanol–water partition coefficient (Wildman–Crippen LogP) is 4.11. The molecule has 2 aliphatic heterocycles. The molecule has 3 aromatic carbocycles. The summed E-state index contributed by atoms with van der Waals surface area (Å²) in [4.78, 5) is 43.1. The normalized spacial score (nSPS) is 18.1. The number of anilines is 2. The molecule has 1 aromatic heterocycles. The lowest BCUT2D eigenvalue weighted by Gasteiger charge is -2.28. The van der Waals surface area contributed by atoms with Crippen molar-refractivity contribution in [3.63, 3.8) is 0 Å². The first kappa shape index (κ1) is 26.1. The van der Waals surface area contributed by atoms with Gasteiger partial charge in [0, 0.05) is 42.5 Å². The minimum Gasteiger partial charge on any atom is -0.449 e. The van der Waals surface area contributed by atoms with Crippen molar-refractivity contribution in [1.29, 1.82) is 0 Å². The maximum absolute atomic E-state index is 14.0. The molecule has 8 nitrogen and oxygen atoms in total. The van der Waals surface area contributed by atoms with Gasteiger partial charge < -0.3 is 19.9 Å². The van der Waals surface area contributed by atoms with Crippen LogP contribution in [0.5, 0.6) is 0 Å². The van der Waals surface area contributed by atoms with Crippen LogP contribution in [0.4, 0.5) is 16.2 Å². The molecule has 2 aliphatic rings. The number of nitrogens with one attached hydrogen (secondary N) is 3. The van der Waals surface area contributed by atoms with Crippen molar-refractivity contribution in [3.8, 4) is 0 Å². The second kappa shape index (κ2) is 10.7. The number of hydrogen-bond acceptors (Lipinski definition) is 5. The first-order chi connectivity index (χ1) is 18.7. The van der Waals surface area contributed by atoms with E-state index in [-0.39, 0.29) is 30.5 Å². The SMILES string of the molecule is [B]c1ccc2cc1CN(C)C(=O)[C@H](Nc1ccc3cc[nH]c(=O)c3c1)c1ccc(c(C)c1)[C@@H](C)COC(=O)N2. The lowest BCUT2D eigenvalue weighted by atomic mass is 9.89. The van der Waals surface area contributed by atoms with Gasteiger partial charge in [-0.25, -0.2) is 4.79 Å². The van der Waals surface area contributed by atoms with E-state index in [9.17, 15) is 14.4 Å². The first-order valence-electron chi connectivity index (χ1n) is 12.7. The molecule has 4 bridgehead atoms. The quantitative estimate of drug-likeness (QED) is 0.346. The van der Waals surface area contributed by atoms with E-state index < -0.39 is 12.1 Å². The highest BCUT2D eigenvalue weighted by atomic mass is 16.5. The molecule has 3 heterocycles. The number of ether oxygens (including phenoxy) is 1. The van der Waals surface area contributed by atoms with Crippen LogP contribution < -0.4 is 21.7 Å². The third-order valence-electron chi connectivity index (χ3n) is 7.13. The summed E-state index contributed by atoms with van der Waals surface area (Å²) in [7, 11) is 7.93. The van der Waals surface area contributed by atoms with E-state index in [2.05, 4.69) is 15.6 Å². The lowest BCUT2D eigenvalue weighted by molar-refractivity contribution is -0.131. The van der Waals surface area contributed by atoms with Crippen LogP contribution in [-0.4, -0.2) is 43.4 Å². The number of amides is 2. The van der Waals surface area contributed by atoms with E-state index >= 15 is 0 Å². The number of nitrogens with zero attached hydrogens (tertiary/aromatic N) is 1. The minimum absolute atomic E-state index is 0.0586. The number of aromatic nitrogens is 1. The molecule has 9 heteroatoms. The summed E-state index contributed by atoms with van der Waals surface area (Å²) in [6.45, 7) is 4.38. The number of hydrogen-bond donors (Lipinski definition) is 3. The standard InChI is InChI=1S/C30H29BN4O4/c1-17-12-20-5-8-24(17)18(2)16-39-30(38)34-22-7-9-26(31)21(13-22)15-35(3)29(37)27(20)33-23-6-4-19-10-11-32-28(36)25(19)14-23/h4-14,18,27,33H,15-16H2,1-3H3,(H,32,36)(H,34,38)/t18-,27+/m0/s1. The van der Waals surface area contributed by atoms with Crippen molar-refractivity contribution in [1.82, 2.24) is 9.88 Å². The summed E-state index contributed by atoms with van der Waals surface area (Å²) in [5, 5.41) is 7.45. The summed E-state index contributed by atoms with van der Waals surface area (Å²) in [6, 6.07) is 17.6. The van der Waals surface area contributed by atoms with Crippen molar-refractivity contribution >= 4 is 47.5 Å². The number of fused-ring (bicyclic) bond motifs is 10. The van der Waals surface area contributed by atoms with E-state index in [1.165, 1.54) is 0 Å². The largest absolute Gasteiger partial charge is 0.449 e. The minimum atomic E-state index is -0.730. The van der Waals surface area contributed by atoms with Gasteiger partial charge in [-0.05, 0) is 64.9 Å². The number of aryl methyl sites for hydroxylation is 1. The van der Waals surface area contributed by atoms with E-state index in [0.717, 1.165) is 22.1 Å². The average molecular weight is 520 g/mol. The third kappa shape index (κ3) is 5.52. The highest BCUT2D eigenvalue weighted by Crippen LogP contribution is 2.29. The molecule has 0 saturated carbocycles. The molecule has 3 N–H and O–H groups in total. The van der Waals surface area contributed by atoms with Crippen molar-refractivity contribution in [3.05, 3.63) is 99.5 Å². The Labute approximate surface area is 227 Å². The van der Waals surface area contributed by atoms with Gasteiger partial charge in [0.25, 0.3) is 5.56 Å². The second-order valence-corrected chi connectivity index (χ2v) is 10.0. The zero-order chi connectivity index (χ0) is 27.7. The van der Waals surface area contributed by atoms with E-state index in [1.54, 1.807) is 42.4 Å². The summed E-state index contributed by atoms with van der Waals surface area (Å²) in [5.41, 5.74) is 4.93. The molecule has 4 aromatic rings. The number of pyridine rings is 1. The van der Waals surface area contributed by atoms with Gasteiger partial charge in [-0.1, -0.05) is 42.7 Å². The maximum atomic E-state index is 14.0. The van der Waals surface area contributed by atoms with Crippen LogP contribution in [0.15, 0.2) is 71.7 Å². The Morgan fingerprint density at radius 3 is 2.64 bits per heavy atom. The van der Waals surface area contributed by atoms with Gasteiger partial charge in [-0.2, -0.15) is 0 Å². The topological polar surface area (TPSA) is 104 Å². The van der Waals surface area contributed by atoms with E-state index in [0.29, 0.717) is 27.8 Å². The van der Waals surface area contributed by atoms with Crippen LogP contribution in [-0.2, 0) is 16.1 Å².